The molecule has 1 N–H and O–H groups in total. The summed E-state index contributed by atoms with van der Waals surface area (Å²) >= 11 is 0. The van der Waals surface area contributed by atoms with Crippen LogP contribution in [0.25, 0.3) is 0 Å². The van der Waals surface area contributed by atoms with Crippen LogP contribution in [-0.2, 0) is 14.3 Å². The fraction of sp³-hybridized carbons (Fsp3) is 0.882. The molecule has 4 nitrogen and oxygen atoms in total. The molecule has 122 valence electrons. The average Bonchev–Trinajstić information content (AvgIpc) is 2.49. The molecule has 0 heterocycles. The van der Waals surface area contributed by atoms with Crippen LogP contribution in [0, 0.1) is 17.8 Å². The summed E-state index contributed by atoms with van der Waals surface area (Å²) in [5.74, 6) is -0.726. The van der Waals surface area contributed by atoms with E-state index >= 15 is 0 Å². The molecule has 4 heteroatoms. The van der Waals surface area contributed by atoms with E-state index in [0.29, 0.717) is 38.2 Å². The largest absolute Gasteiger partial charge is 0.481 e. The minimum atomic E-state index is -0.732. The van der Waals surface area contributed by atoms with Crippen molar-refractivity contribution >= 4 is 11.9 Å². The first kappa shape index (κ1) is 18.0. The van der Waals surface area contributed by atoms with Gasteiger partial charge in [-0.2, -0.15) is 0 Å². The molecular weight excluding hydrogens is 268 g/mol. The minimum Gasteiger partial charge on any atom is -0.481 e. The summed E-state index contributed by atoms with van der Waals surface area (Å²) < 4.78 is 5.50. The minimum absolute atomic E-state index is 0.0888. The van der Waals surface area contributed by atoms with E-state index in [-0.39, 0.29) is 17.8 Å². The van der Waals surface area contributed by atoms with Gasteiger partial charge in [0, 0.05) is 0 Å². The Morgan fingerprint density at radius 1 is 1.05 bits per heavy atom. The van der Waals surface area contributed by atoms with Gasteiger partial charge in [-0.05, 0) is 44.4 Å². The average molecular weight is 298 g/mol. The standard InChI is InChI=1S/C17H30O4/c1-3-5-7-13(6-4-2)12-21-17(20)15-10-8-14(9-11-15)16(18)19/h13-15H,3-12H2,1-2H3,(H,18,19). The van der Waals surface area contributed by atoms with Crippen molar-refractivity contribution in [3.63, 3.8) is 0 Å². The third kappa shape index (κ3) is 6.49. The first-order valence-electron chi connectivity index (χ1n) is 8.47. The second kappa shape index (κ2) is 9.80. The van der Waals surface area contributed by atoms with E-state index in [4.69, 9.17) is 9.84 Å². The third-order valence-electron chi connectivity index (χ3n) is 4.53. The second-order valence-electron chi connectivity index (χ2n) is 6.31. The van der Waals surface area contributed by atoms with Gasteiger partial charge in [0.05, 0.1) is 18.4 Å². The van der Waals surface area contributed by atoms with E-state index in [1.807, 2.05) is 0 Å². The molecular formula is C17H30O4. The van der Waals surface area contributed by atoms with Gasteiger partial charge in [-0.15, -0.1) is 0 Å². The highest BCUT2D eigenvalue weighted by Gasteiger charge is 2.30. The highest BCUT2D eigenvalue weighted by Crippen LogP contribution is 2.30. The normalized spacial score (nSPS) is 23.5. The Balaban J connectivity index is 2.30. The molecule has 1 saturated carbocycles. The number of ether oxygens (including phenoxy) is 1. The quantitative estimate of drug-likeness (QED) is 0.653. The zero-order chi connectivity index (χ0) is 15.7. The molecule has 1 aliphatic rings. The zero-order valence-electron chi connectivity index (χ0n) is 13.5. The molecule has 0 spiro atoms. The van der Waals surface area contributed by atoms with Crippen molar-refractivity contribution < 1.29 is 19.4 Å². The fourth-order valence-electron chi connectivity index (χ4n) is 3.11. The van der Waals surface area contributed by atoms with E-state index < -0.39 is 5.97 Å². The van der Waals surface area contributed by atoms with Gasteiger partial charge in [-0.3, -0.25) is 9.59 Å². The summed E-state index contributed by atoms with van der Waals surface area (Å²) in [6.45, 7) is 4.87. The van der Waals surface area contributed by atoms with E-state index in [1.165, 1.54) is 12.8 Å². The molecule has 0 aromatic carbocycles. The monoisotopic (exact) mass is 298 g/mol. The van der Waals surface area contributed by atoms with Crippen LogP contribution in [0.3, 0.4) is 0 Å². The highest BCUT2D eigenvalue weighted by molar-refractivity contribution is 5.74. The molecule has 0 aromatic heterocycles. The lowest BCUT2D eigenvalue weighted by atomic mass is 9.82. The number of carboxylic acid groups (broad SMARTS) is 1. The van der Waals surface area contributed by atoms with Gasteiger partial charge in [0.1, 0.15) is 0 Å². The van der Waals surface area contributed by atoms with Crippen LogP contribution >= 0.6 is 0 Å². The zero-order valence-corrected chi connectivity index (χ0v) is 13.5. The number of carbonyl (C=O) groups excluding carboxylic acids is 1. The van der Waals surface area contributed by atoms with Crippen LogP contribution in [-0.4, -0.2) is 23.7 Å². The first-order valence-corrected chi connectivity index (χ1v) is 8.47. The number of carbonyl (C=O) groups is 2. The smallest absolute Gasteiger partial charge is 0.308 e. The number of rotatable bonds is 9. The summed E-state index contributed by atoms with van der Waals surface area (Å²) in [4.78, 5) is 23.0. The second-order valence-corrected chi connectivity index (χ2v) is 6.31. The number of unbranched alkanes of at least 4 members (excludes halogenated alkanes) is 1. The Hall–Kier alpha value is -1.06. The molecule has 0 bridgehead atoms. The first-order chi connectivity index (χ1) is 10.1. The van der Waals surface area contributed by atoms with E-state index in [2.05, 4.69) is 13.8 Å². The summed E-state index contributed by atoms with van der Waals surface area (Å²) in [7, 11) is 0. The van der Waals surface area contributed by atoms with Crippen molar-refractivity contribution in [3.8, 4) is 0 Å². The maximum atomic E-state index is 12.1. The van der Waals surface area contributed by atoms with Crippen LogP contribution in [0.1, 0.15) is 71.6 Å². The van der Waals surface area contributed by atoms with Crippen LogP contribution in [0.4, 0.5) is 0 Å². The Labute approximate surface area is 128 Å². The van der Waals surface area contributed by atoms with Gasteiger partial charge < -0.3 is 9.84 Å². The molecule has 0 aromatic rings. The Bertz CT molecular complexity index is 319. The Morgan fingerprint density at radius 3 is 2.19 bits per heavy atom. The maximum Gasteiger partial charge on any atom is 0.308 e. The van der Waals surface area contributed by atoms with Crippen LogP contribution in [0.2, 0.25) is 0 Å². The molecule has 0 aliphatic heterocycles. The van der Waals surface area contributed by atoms with E-state index in [9.17, 15) is 9.59 Å². The Kier molecular flexibility index (Phi) is 8.40. The van der Waals surface area contributed by atoms with Gasteiger partial charge in [0.2, 0.25) is 0 Å². The molecule has 1 atom stereocenters. The molecule has 0 radical (unpaired) electrons. The number of esters is 1. The van der Waals surface area contributed by atoms with Crippen LogP contribution in [0.5, 0.6) is 0 Å². The van der Waals surface area contributed by atoms with Crippen molar-refractivity contribution in [2.45, 2.75) is 71.6 Å². The molecule has 0 amide bonds. The molecule has 1 fully saturated rings. The lowest BCUT2D eigenvalue weighted by Gasteiger charge is -2.25. The van der Waals surface area contributed by atoms with Gasteiger partial charge in [-0.1, -0.05) is 33.1 Å². The molecule has 1 aliphatic carbocycles. The van der Waals surface area contributed by atoms with Gasteiger partial charge >= 0.3 is 11.9 Å². The number of carboxylic acids is 1. The van der Waals surface area contributed by atoms with Crippen molar-refractivity contribution in [2.24, 2.45) is 17.8 Å². The Morgan fingerprint density at radius 2 is 1.67 bits per heavy atom. The van der Waals surface area contributed by atoms with Crippen molar-refractivity contribution in [1.29, 1.82) is 0 Å². The lowest BCUT2D eigenvalue weighted by Crippen LogP contribution is -2.28. The van der Waals surface area contributed by atoms with Crippen molar-refractivity contribution in [1.82, 2.24) is 0 Å². The van der Waals surface area contributed by atoms with Gasteiger partial charge in [0.15, 0.2) is 0 Å². The van der Waals surface area contributed by atoms with Crippen molar-refractivity contribution in [3.05, 3.63) is 0 Å². The van der Waals surface area contributed by atoms with E-state index in [1.54, 1.807) is 0 Å². The van der Waals surface area contributed by atoms with Crippen molar-refractivity contribution in [2.75, 3.05) is 6.61 Å². The summed E-state index contributed by atoms with van der Waals surface area (Å²) in [5, 5.41) is 8.96. The third-order valence-corrected chi connectivity index (χ3v) is 4.53. The summed E-state index contributed by atoms with van der Waals surface area (Å²) in [5.41, 5.74) is 0. The molecule has 21 heavy (non-hydrogen) atoms. The number of hydrogen-bond donors (Lipinski definition) is 1. The summed E-state index contributed by atoms with van der Waals surface area (Å²) in [6, 6.07) is 0. The van der Waals surface area contributed by atoms with Gasteiger partial charge in [-0.25, -0.2) is 0 Å². The summed E-state index contributed by atoms with van der Waals surface area (Å²) in [6.07, 6.45) is 8.23. The number of aliphatic carboxylic acids is 1. The fourth-order valence-corrected chi connectivity index (χ4v) is 3.11. The number of hydrogen-bond acceptors (Lipinski definition) is 3. The highest BCUT2D eigenvalue weighted by atomic mass is 16.5. The predicted octanol–water partition coefficient (Wildman–Crippen LogP) is 4.03. The lowest BCUT2D eigenvalue weighted by molar-refractivity contribution is -0.154. The molecule has 0 saturated heterocycles. The SMILES string of the molecule is CCCCC(CCC)COC(=O)C1CCC(C(=O)O)CC1. The van der Waals surface area contributed by atoms with Crippen LogP contribution in [0.15, 0.2) is 0 Å². The molecule has 1 unspecified atom stereocenters. The maximum absolute atomic E-state index is 12.1. The van der Waals surface area contributed by atoms with Gasteiger partial charge in [0.25, 0.3) is 0 Å². The van der Waals surface area contributed by atoms with Crippen LogP contribution < -0.4 is 0 Å². The topological polar surface area (TPSA) is 63.6 Å². The van der Waals surface area contributed by atoms with E-state index in [0.717, 1.165) is 19.3 Å². The molecule has 1 rings (SSSR count). The predicted molar refractivity (Wildman–Crippen MR) is 82.0 cm³/mol.